The molecular weight excluding hydrogens is 558 g/mol. The summed E-state index contributed by atoms with van der Waals surface area (Å²) in [5.74, 6) is -4.94. The largest absolute Gasteiger partial charge is 0.478 e. The topological polar surface area (TPSA) is 186 Å². The van der Waals surface area contributed by atoms with Crippen LogP contribution in [-0.2, 0) is 4.79 Å². The van der Waals surface area contributed by atoms with Gasteiger partial charge >= 0.3 is 17.9 Å². The maximum Gasteiger partial charge on any atom is 0.335 e. The van der Waals surface area contributed by atoms with Crippen molar-refractivity contribution in [2.75, 3.05) is 23.9 Å². The van der Waals surface area contributed by atoms with E-state index < -0.39 is 40.5 Å². The van der Waals surface area contributed by atoms with Gasteiger partial charge < -0.3 is 20.2 Å². The molecule has 4 N–H and O–H groups in total. The zero-order valence-corrected chi connectivity index (χ0v) is 22.7. The van der Waals surface area contributed by atoms with Crippen molar-refractivity contribution in [3.8, 4) is 5.69 Å². The average molecular weight is 582 g/mol. The lowest BCUT2D eigenvalue weighted by atomic mass is 9.97. The molecule has 1 aliphatic rings. The molecule has 5 rings (SSSR count). The number of aliphatic imine (C=N–C) groups is 1. The van der Waals surface area contributed by atoms with Crippen LogP contribution < -0.4 is 15.4 Å². The number of fused-ring (bicyclic) bond motifs is 1. The van der Waals surface area contributed by atoms with Crippen LogP contribution in [0.1, 0.15) is 36.6 Å². The highest BCUT2D eigenvalue weighted by molar-refractivity contribution is 6.61. The first-order valence-corrected chi connectivity index (χ1v) is 12.6. The molecule has 2 heterocycles. The molecule has 0 saturated heterocycles. The van der Waals surface area contributed by atoms with Gasteiger partial charge in [0.2, 0.25) is 0 Å². The van der Waals surface area contributed by atoms with Crippen molar-refractivity contribution in [2.45, 2.75) is 0 Å². The van der Waals surface area contributed by atoms with Crippen LogP contribution in [0.15, 0.2) is 83.1 Å². The van der Waals surface area contributed by atoms with Crippen molar-refractivity contribution in [1.82, 2.24) is 9.78 Å². The number of hydrogen-bond donors (Lipinski definition) is 4. The normalized spacial score (nSPS) is 13.6. The summed E-state index contributed by atoms with van der Waals surface area (Å²) < 4.78 is 1.07. The van der Waals surface area contributed by atoms with Crippen LogP contribution >= 0.6 is 0 Å². The second-order valence-corrected chi connectivity index (χ2v) is 9.70. The summed E-state index contributed by atoms with van der Waals surface area (Å²) >= 11 is 0. The van der Waals surface area contributed by atoms with Gasteiger partial charge in [0.15, 0.2) is 0 Å². The number of carboxylic acids is 3. The Bertz CT molecular complexity index is 1900. The number of H-pyrrole nitrogens is 1. The third-order valence-corrected chi connectivity index (χ3v) is 6.74. The molecule has 4 aromatic rings. The summed E-state index contributed by atoms with van der Waals surface area (Å²) in [5, 5.41) is 31.4. The minimum absolute atomic E-state index is 0.0178. The van der Waals surface area contributed by atoms with Crippen LogP contribution in [0.3, 0.4) is 0 Å². The fourth-order valence-electron chi connectivity index (χ4n) is 4.55. The van der Waals surface area contributed by atoms with E-state index in [1.807, 2.05) is 19.0 Å². The van der Waals surface area contributed by atoms with Gasteiger partial charge in [0, 0.05) is 25.4 Å². The number of rotatable bonds is 7. The molecule has 13 nitrogen and oxygen atoms in total. The number of nitrogens with zero attached hydrogens (tertiary/aromatic N) is 4. The molecule has 0 spiro atoms. The predicted molar refractivity (Wildman–Crippen MR) is 158 cm³/mol. The number of nitrogens with one attached hydrogen (secondary N) is 1. The zero-order valence-electron chi connectivity index (χ0n) is 22.7. The first-order valence-electron chi connectivity index (χ1n) is 12.6. The van der Waals surface area contributed by atoms with E-state index >= 15 is 0 Å². The average Bonchev–Trinajstić information content (AvgIpc) is 3.31. The molecule has 1 aliphatic heterocycles. The Kier molecular flexibility index (Phi) is 6.99. The first-order chi connectivity index (χ1) is 20.4. The molecule has 1 amide bonds. The Morgan fingerprint density at radius 2 is 1.35 bits per heavy atom. The maximum atomic E-state index is 14.1. The summed E-state index contributed by atoms with van der Waals surface area (Å²) in [7, 11) is 3.71. The summed E-state index contributed by atoms with van der Waals surface area (Å²) in [6, 6.07) is 15.4. The van der Waals surface area contributed by atoms with Crippen molar-refractivity contribution in [3.63, 3.8) is 0 Å². The second kappa shape index (κ2) is 10.6. The number of aromatic carboxylic acids is 3. The molecule has 0 saturated carbocycles. The van der Waals surface area contributed by atoms with E-state index in [2.05, 4.69) is 16.7 Å². The van der Waals surface area contributed by atoms with E-state index in [0.717, 1.165) is 33.5 Å². The Morgan fingerprint density at radius 1 is 0.791 bits per heavy atom. The molecule has 0 aliphatic carbocycles. The smallest absolute Gasteiger partial charge is 0.335 e. The molecule has 0 radical (unpaired) electrons. The highest BCUT2D eigenvalue weighted by atomic mass is 16.4. The predicted octanol–water partition coefficient (Wildman–Crippen LogP) is 3.79. The summed E-state index contributed by atoms with van der Waals surface area (Å²) in [4.78, 5) is 70.1. The molecule has 3 aromatic carbocycles. The summed E-state index contributed by atoms with van der Waals surface area (Å²) in [6.45, 7) is 3.97. The van der Waals surface area contributed by atoms with Gasteiger partial charge in [0.1, 0.15) is 11.5 Å². The zero-order chi connectivity index (χ0) is 31.2. The van der Waals surface area contributed by atoms with E-state index in [0.29, 0.717) is 5.69 Å². The number of anilines is 3. The third-order valence-electron chi connectivity index (χ3n) is 6.74. The highest BCUT2D eigenvalue weighted by Gasteiger charge is 2.39. The number of hydrogen-bond acceptors (Lipinski definition) is 7. The lowest BCUT2D eigenvalue weighted by Crippen LogP contribution is -2.39. The molecule has 1 aromatic heterocycles. The van der Waals surface area contributed by atoms with Crippen LogP contribution in [0.2, 0.25) is 0 Å². The first kappa shape index (κ1) is 28.3. The van der Waals surface area contributed by atoms with Gasteiger partial charge in [0.05, 0.1) is 39.3 Å². The second-order valence-electron chi connectivity index (χ2n) is 9.70. The fraction of sp³-hybridized carbons (Fsp3) is 0.0667. The Balaban J connectivity index is 1.75. The fourth-order valence-corrected chi connectivity index (χ4v) is 4.55. The quantitative estimate of drug-likeness (QED) is 0.252. The number of aromatic amines is 1. The lowest BCUT2D eigenvalue weighted by molar-refractivity contribution is -0.111. The summed E-state index contributed by atoms with van der Waals surface area (Å²) in [6.07, 6.45) is 0. The van der Waals surface area contributed by atoms with Gasteiger partial charge in [-0.3, -0.25) is 19.6 Å². The SMILES string of the molecule is C=C1C(=Nc2ccc(N(C)C)cc2)C(=O)N(c2cc(C(=O)O)cc(C(=O)O)c2)c2[nH]n(-c3ccc(C(=O)O)cc3)c(=O)c21. The van der Waals surface area contributed by atoms with E-state index in [-0.39, 0.29) is 39.6 Å². The van der Waals surface area contributed by atoms with E-state index in [1.165, 1.54) is 24.3 Å². The van der Waals surface area contributed by atoms with Gasteiger partial charge in [-0.25, -0.2) is 24.1 Å². The minimum atomic E-state index is -1.43. The molecule has 13 heteroatoms. The van der Waals surface area contributed by atoms with Crippen LogP contribution in [0.25, 0.3) is 11.3 Å². The van der Waals surface area contributed by atoms with Crippen molar-refractivity contribution in [3.05, 3.63) is 106 Å². The van der Waals surface area contributed by atoms with Gasteiger partial charge in [-0.05, 0) is 66.7 Å². The van der Waals surface area contributed by atoms with Crippen LogP contribution in [0.4, 0.5) is 22.9 Å². The van der Waals surface area contributed by atoms with E-state index in [1.54, 1.807) is 24.3 Å². The number of benzene rings is 3. The number of amides is 1. The maximum absolute atomic E-state index is 14.1. The van der Waals surface area contributed by atoms with Crippen molar-refractivity contribution < 1.29 is 34.5 Å². The highest BCUT2D eigenvalue weighted by Crippen LogP contribution is 2.37. The van der Waals surface area contributed by atoms with Gasteiger partial charge in [-0.1, -0.05) is 6.58 Å². The number of aromatic nitrogens is 2. The van der Waals surface area contributed by atoms with Crippen molar-refractivity contribution in [1.29, 1.82) is 0 Å². The van der Waals surface area contributed by atoms with Crippen molar-refractivity contribution >= 4 is 58.0 Å². The van der Waals surface area contributed by atoms with Crippen LogP contribution in [0, 0.1) is 0 Å². The third kappa shape index (κ3) is 5.06. The van der Waals surface area contributed by atoms with Crippen LogP contribution in [-0.4, -0.2) is 68.7 Å². The molecule has 216 valence electrons. The Hall–Kier alpha value is -6.24. The molecule has 0 fully saturated rings. The van der Waals surface area contributed by atoms with Crippen molar-refractivity contribution in [2.24, 2.45) is 4.99 Å². The monoisotopic (exact) mass is 581 g/mol. The summed E-state index contributed by atoms with van der Waals surface area (Å²) in [5.41, 5.74) is -0.512. The number of carboxylic acid groups (broad SMARTS) is 3. The molecule has 0 unspecified atom stereocenters. The molecular formula is C30H23N5O8. The van der Waals surface area contributed by atoms with Gasteiger partial charge in [-0.2, -0.15) is 0 Å². The standard InChI is InChI=1S/C30H23N5O8/c1-15-23-25(32-35(26(23)36)21-8-4-16(5-9-21)28(38)39)34(22-13-17(29(40)41)12-18(14-22)30(42)43)27(37)24(15)31-19-6-10-20(11-7-19)33(2)3/h4-14,32H,1H2,2-3H3,(H,38,39)(H,40,41)(H,42,43). The number of carbonyl (C=O) groups is 4. The lowest BCUT2D eigenvalue weighted by Gasteiger charge is -2.28. The van der Waals surface area contributed by atoms with Gasteiger partial charge in [-0.15, -0.1) is 0 Å². The molecule has 43 heavy (non-hydrogen) atoms. The molecule has 0 atom stereocenters. The minimum Gasteiger partial charge on any atom is -0.478 e. The van der Waals surface area contributed by atoms with Gasteiger partial charge in [0.25, 0.3) is 11.5 Å². The Labute approximate surface area is 242 Å². The van der Waals surface area contributed by atoms with E-state index in [4.69, 9.17) is 0 Å². The van der Waals surface area contributed by atoms with E-state index in [9.17, 15) is 39.3 Å². The number of carbonyl (C=O) groups excluding carboxylic acids is 1. The Morgan fingerprint density at radius 3 is 1.86 bits per heavy atom. The molecule has 0 bridgehead atoms. The van der Waals surface area contributed by atoms with Crippen LogP contribution in [0.5, 0.6) is 0 Å².